The largest absolute Gasteiger partial charge is 0.369 e. The molecular formula is C16H18O. The molecule has 0 fully saturated rings. The second-order valence-electron chi connectivity index (χ2n) is 5.01. The van der Waals surface area contributed by atoms with Gasteiger partial charge in [-0.15, -0.1) is 0 Å². The van der Waals surface area contributed by atoms with Crippen LogP contribution in [-0.4, -0.2) is 11.2 Å². The molecule has 1 heteroatoms. The molecule has 1 N–H and O–H groups in total. The van der Waals surface area contributed by atoms with E-state index in [0.717, 1.165) is 11.1 Å². The SMILES string of the molecule is Cc1ccccc1C#CC(O)C#CC(C)(C)C. The Kier molecular flexibility index (Phi) is 4.38. The lowest BCUT2D eigenvalue weighted by Crippen LogP contribution is -2.04. The summed E-state index contributed by atoms with van der Waals surface area (Å²) in [7, 11) is 0. The lowest BCUT2D eigenvalue weighted by molar-refractivity contribution is 0.289. The maximum absolute atomic E-state index is 9.62. The highest BCUT2D eigenvalue weighted by molar-refractivity contribution is 5.42. The second kappa shape index (κ2) is 5.58. The van der Waals surface area contributed by atoms with Crippen molar-refractivity contribution >= 4 is 0 Å². The fourth-order valence-electron chi connectivity index (χ4n) is 1.18. The lowest BCUT2D eigenvalue weighted by atomic mass is 9.98. The van der Waals surface area contributed by atoms with Crippen molar-refractivity contribution in [3.8, 4) is 23.7 Å². The minimum Gasteiger partial charge on any atom is -0.369 e. The molecule has 1 aromatic carbocycles. The predicted octanol–water partition coefficient (Wildman–Crippen LogP) is 2.76. The van der Waals surface area contributed by atoms with Gasteiger partial charge >= 0.3 is 0 Å². The van der Waals surface area contributed by atoms with E-state index in [0.29, 0.717) is 0 Å². The topological polar surface area (TPSA) is 20.2 Å². The zero-order valence-electron chi connectivity index (χ0n) is 10.8. The van der Waals surface area contributed by atoms with Crippen LogP contribution in [0.2, 0.25) is 0 Å². The van der Waals surface area contributed by atoms with Crippen LogP contribution in [0.25, 0.3) is 0 Å². The van der Waals surface area contributed by atoms with Gasteiger partial charge in [-0.25, -0.2) is 0 Å². The van der Waals surface area contributed by atoms with E-state index in [1.54, 1.807) is 0 Å². The maximum Gasteiger partial charge on any atom is 0.176 e. The summed E-state index contributed by atoms with van der Waals surface area (Å²) in [4.78, 5) is 0. The Morgan fingerprint density at radius 2 is 1.76 bits per heavy atom. The van der Waals surface area contributed by atoms with E-state index < -0.39 is 6.10 Å². The zero-order valence-corrected chi connectivity index (χ0v) is 10.8. The lowest BCUT2D eigenvalue weighted by Gasteiger charge is -2.07. The van der Waals surface area contributed by atoms with Gasteiger partial charge < -0.3 is 5.11 Å². The van der Waals surface area contributed by atoms with E-state index in [2.05, 4.69) is 23.7 Å². The summed E-state index contributed by atoms with van der Waals surface area (Å²) in [5.74, 6) is 11.4. The molecule has 0 saturated carbocycles. The highest BCUT2D eigenvalue weighted by Crippen LogP contribution is 2.09. The molecule has 0 spiro atoms. The molecule has 17 heavy (non-hydrogen) atoms. The summed E-state index contributed by atoms with van der Waals surface area (Å²) >= 11 is 0. The van der Waals surface area contributed by atoms with Crippen molar-refractivity contribution in [3.63, 3.8) is 0 Å². The fourth-order valence-corrected chi connectivity index (χ4v) is 1.18. The number of hydrogen-bond acceptors (Lipinski definition) is 1. The average molecular weight is 226 g/mol. The van der Waals surface area contributed by atoms with Crippen molar-refractivity contribution in [1.82, 2.24) is 0 Å². The number of aliphatic hydroxyl groups is 1. The van der Waals surface area contributed by atoms with Gasteiger partial charge in [0.15, 0.2) is 6.10 Å². The number of benzene rings is 1. The Hall–Kier alpha value is -1.70. The fraction of sp³-hybridized carbons (Fsp3) is 0.375. The van der Waals surface area contributed by atoms with Gasteiger partial charge in [0, 0.05) is 11.0 Å². The molecular weight excluding hydrogens is 208 g/mol. The standard InChI is InChI=1S/C16H18O/c1-13-7-5-6-8-14(13)9-10-15(17)11-12-16(2,3)4/h5-8,15,17H,1-4H3. The molecule has 1 unspecified atom stereocenters. The summed E-state index contributed by atoms with van der Waals surface area (Å²) in [6.07, 6.45) is -0.881. The van der Waals surface area contributed by atoms with Crippen LogP contribution in [0.5, 0.6) is 0 Å². The van der Waals surface area contributed by atoms with Gasteiger partial charge in [-0.2, -0.15) is 0 Å². The summed E-state index contributed by atoms with van der Waals surface area (Å²) in [5, 5.41) is 9.62. The van der Waals surface area contributed by atoms with E-state index in [4.69, 9.17) is 0 Å². The second-order valence-corrected chi connectivity index (χ2v) is 5.01. The van der Waals surface area contributed by atoms with E-state index in [1.807, 2.05) is 52.0 Å². The normalized spacial score (nSPS) is 11.8. The van der Waals surface area contributed by atoms with Crippen LogP contribution in [0.1, 0.15) is 31.9 Å². The molecule has 1 rings (SSSR count). The van der Waals surface area contributed by atoms with Crippen molar-refractivity contribution < 1.29 is 5.11 Å². The Balaban J connectivity index is 2.79. The smallest absolute Gasteiger partial charge is 0.176 e. The Morgan fingerprint density at radius 3 is 2.35 bits per heavy atom. The third-order valence-electron chi connectivity index (χ3n) is 2.07. The molecule has 0 bridgehead atoms. The molecule has 0 heterocycles. The number of aliphatic hydroxyl groups excluding tert-OH is 1. The van der Waals surface area contributed by atoms with Crippen LogP contribution in [-0.2, 0) is 0 Å². The van der Waals surface area contributed by atoms with Gasteiger partial charge in [-0.05, 0) is 39.3 Å². The van der Waals surface area contributed by atoms with E-state index in [9.17, 15) is 5.11 Å². The third kappa shape index (κ3) is 5.25. The first-order chi connectivity index (χ1) is 7.88. The van der Waals surface area contributed by atoms with Gasteiger partial charge in [-0.3, -0.25) is 0 Å². The van der Waals surface area contributed by atoms with E-state index in [-0.39, 0.29) is 5.41 Å². The van der Waals surface area contributed by atoms with E-state index in [1.165, 1.54) is 0 Å². The molecule has 1 aromatic rings. The molecule has 0 saturated heterocycles. The van der Waals surface area contributed by atoms with Gasteiger partial charge in [0.1, 0.15) is 0 Å². The zero-order chi connectivity index (χ0) is 12.9. The molecule has 0 aliphatic rings. The van der Waals surface area contributed by atoms with Crippen molar-refractivity contribution in [1.29, 1.82) is 0 Å². The van der Waals surface area contributed by atoms with Gasteiger partial charge in [0.05, 0.1) is 0 Å². The summed E-state index contributed by atoms with van der Waals surface area (Å²) in [6, 6.07) is 7.84. The molecule has 0 amide bonds. The van der Waals surface area contributed by atoms with Crippen LogP contribution in [0.3, 0.4) is 0 Å². The highest BCUT2D eigenvalue weighted by atomic mass is 16.3. The molecule has 0 aliphatic carbocycles. The molecule has 0 aromatic heterocycles. The summed E-state index contributed by atoms with van der Waals surface area (Å²) < 4.78 is 0. The first kappa shape index (κ1) is 13.4. The number of rotatable bonds is 0. The van der Waals surface area contributed by atoms with Gasteiger partial charge in [0.2, 0.25) is 0 Å². The molecule has 88 valence electrons. The van der Waals surface area contributed by atoms with Gasteiger partial charge in [0.25, 0.3) is 0 Å². The van der Waals surface area contributed by atoms with E-state index >= 15 is 0 Å². The third-order valence-corrected chi connectivity index (χ3v) is 2.07. The molecule has 1 atom stereocenters. The molecule has 1 nitrogen and oxygen atoms in total. The quantitative estimate of drug-likeness (QED) is 0.674. The van der Waals surface area contributed by atoms with Crippen LogP contribution < -0.4 is 0 Å². The van der Waals surface area contributed by atoms with Crippen LogP contribution in [0.4, 0.5) is 0 Å². The Morgan fingerprint density at radius 1 is 1.12 bits per heavy atom. The van der Waals surface area contributed by atoms with Crippen LogP contribution in [0, 0.1) is 36.0 Å². The molecule has 0 radical (unpaired) electrons. The summed E-state index contributed by atoms with van der Waals surface area (Å²) in [6.45, 7) is 8.00. The van der Waals surface area contributed by atoms with Crippen molar-refractivity contribution in [3.05, 3.63) is 35.4 Å². The first-order valence-corrected chi connectivity index (χ1v) is 5.66. The van der Waals surface area contributed by atoms with Crippen LogP contribution in [0.15, 0.2) is 24.3 Å². The minimum atomic E-state index is -0.881. The average Bonchev–Trinajstić information content (AvgIpc) is 2.24. The Bertz CT molecular complexity index is 498. The monoisotopic (exact) mass is 226 g/mol. The van der Waals surface area contributed by atoms with Crippen molar-refractivity contribution in [2.45, 2.75) is 33.8 Å². The predicted molar refractivity (Wildman–Crippen MR) is 71.3 cm³/mol. The summed E-state index contributed by atoms with van der Waals surface area (Å²) in [5.41, 5.74) is 1.94. The molecule has 0 aliphatic heterocycles. The van der Waals surface area contributed by atoms with Crippen molar-refractivity contribution in [2.75, 3.05) is 0 Å². The number of aryl methyl sites for hydroxylation is 1. The van der Waals surface area contributed by atoms with Gasteiger partial charge in [-0.1, -0.05) is 41.9 Å². The first-order valence-electron chi connectivity index (χ1n) is 5.66. The number of hydrogen-bond donors (Lipinski definition) is 1. The highest BCUT2D eigenvalue weighted by Gasteiger charge is 2.04. The minimum absolute atomic E-state index is 0.106. The maximum atomic E-state index is 9.62. The van der Waals surface area contributed by atoms with Crippen LogP contribution >= 0.6 is 0 Å². The van der Waals surface area contributed by atoms with Crippen molar-refractivity contribution in [2.24, 2.45) is 5.41 Å². The Labute approximate surface area is 104 Å².